The highest BCUT2D eigenvalue weighted by Crippen LogP contribution is 2.23. The molecule has 0 spiro atoms. The summed E-state index contributed by atoms with van der Waals surface area (Å²) in [4.78, 5) is 0. The molecule has 4 nitrogen and oxygen atoms in total. The van der Waals surface area contributed by atoms with Crippen LogP contribution in [0.4, 0.5) is 0 Å². The molecular weight excluding hydrogens is 308 g/mol. The van der Waals surface area contributed by atoms with E-state index in [1.165, 1.54) is 0 Å². The lowest BCUT2D eigenvalue weighted by Gasteiger charge is -2.12. The minimum Gasteiger partial charge on any atom is -0.493 e. The first-order valence-electron chi connectivity index (χ1n) is 6.25. The predicted octanol–water partition coefficient (Wildman–Crippen LogP) is 2.87. The second-order valence-corrected chi connectivity index (χ2v) is 4.95. The van der Waals surface area contributed by atoms with Crippen molar-refractivity contribution in [2.75, 3.05) is 26.9 Å². The third kappa shape index (κ3) is 6.58. The molecule has 0 heterocycles. The van der Waals surface area contributed by atoms with Crippen molar-refractivity contribution in [3.8, 4) is 11.8 Å². The fraction of sp³-hybridized carbons (Fsp3) is 0.500. The second kappa shape index (κ2) is 9.79. The Bertz CT molecular complexity index is 418. The van der Waals surface area contributed by atoms with Crippen LogP contribution in [0, 0.1) is 11.3 Å². The molecule has 0 aliphatic carbocycles. The van der Waals surface area contributed by atoms with E-state index in [9.17, 15) is 0 Å². The molecule has 0 saturated carbocycles. The topological polar surface area (TPSA) is 54.3 Å². The van der Waals surface area contributed by atoms with Gasteiger partial charge in [-0.3, -0.25) is 0 Å². The number of rotatable bonds is 9. The summed E-state index contributed by atoms with van der Waals surface area (Å²) in [5, 5.41) is 11.8. The van der Waals surface area contributed by atoms with Crippen LogP contribution in [0.3, 0.4) is 0 Å². The normalized spacial score (nSPS) is 10.2. The summed E-state index contributed by atoms with van der Waals surface area (Å²) in [6.45, 7) is 2.79. The van der Waals surface area contributed by atoms with Crippen molar-refractivity contribution < 1.29 is 9.47 Å². The Morgan fingerprint density at radius 2 is 2.21 bits per heavy atom. The zero-order chi connectivity index (χ0) is 13.9. The summed E-state index contributed by atoms with van der Waals surface area (Å²) in [6.07, 6.45) is 1.28. The van der Waals surface area contributed by atoms with Gasteiger partial charge in [0.15, 0.2) is 0 Å². The maximum Gasteiger partial charge on any atom is 0.123 e. The molecule has 0 bridgehead atoms. The Labute approximate surface area is 122 Å². The molecular formula is C14H19BrN2O2. The number of nitrogens with zero attached hydrogens (tertiary/aromatic N) is 1. The minimum atomic E-state index is 0.526. The van der Waals surface area contributed by atoms with Gasteiger partial charge in [-0.1, -0.05) is 15.9 Å². The van der Waals surface area contributed by atoms with Crippen LogP contribution in [0.1, 0.15) is 18.4 Å². The van der Waals surface area contributed by atoms with Crippen LogP contribution in [-0.4, -0.2) is 26.9 Å². The van der Waals surface area contributed by atoms with Crippen molar-refractivity contribution in [3.63, 3.8) is 0 Å². The van der Waals surface area contributed by atoms with Crippen molar-refractivity contribution in [1.82, 2.24) is 5.32 Å². The van der Waals surface area contributed by atoms with Gasteiger partial charge in [0.25, 0.3) is 0 Å². The second-order valence-electron chi connectivity index (χ2n) is 4.03. The average molecular weight is 327 g/mol. The van der Waals surface area contributed by atoms with Crippen LogP contribution >= 0.6 is 15.9 Å². The Balaban J connectivity index is 2.51. The van der Waals surface area contributed by atoms with Gasteiger partial charge in [0.2, 0.25) is 0 Å². The molecule has 0 radical (unpaired) electrons. The quantitative estimate of drug-likeness (QED) is 0.709. The van der Waals surface area contributed by atoms with E-state index in [4.69, 9.17) is 14.7 Å². The highest BCUT2D eigenvalue weighted by Gasteiger charge is 2.04. The largest absolute Gasteiger partial charge is 0.493 e. The SMILES string of the molecule is COCCNCc1cc(Br)ccc1OCCCC#N. The molecule has 0 unspecified atom stereocenters. The fourth-order valence-corrected chi connectivity index (χ4v) is 1.97. The maximum absolute atomic E-state index is 8.49. The first-order valence-corrected chi connectivity index (χ1v) is 7.05. The first kappa shape index (κ1) is 16.0. The number of ether oxygens (including phenoxy) is 2. The first-order chi connectivity index (χ1) is 9.27. The highest BCUT2D eigenvalue weighted by atomic mass is 79.9. The van der Waals surface area contributed by atoms with E-state index >= 15 is 0 Å². The fourth-order valence-electron chi connectivity index (χ4n) is 1.56. The molecule has 1 N–H and O–H groups in total. The van der Waals surface area contributed by atoms with Gasteiger partial charge in [0, 0.05) is 36.7 Å². The summed E-state index contributed by atoms with van der Waals surface area (Å²) in [7, 11) is 1.69. The van der Waals surface area contributed by atoms with E-state index in [2.05, 4.69) is 27.3 Å². The molecule has 1 aromatic carbocycles. The van der Waals surface area contributed by atoms with E-state index in [1.807, 2.05) is 18.2 Å². The lowest BCUT2D eigenvalue weighted by Crippen LogP contribution is -2.19. The Hall–Kier alpha value is -1.09. The molecule has 0 fully saturated rings. The van der Waals surface area contributed by atoms with E-state index in [-0.39, 0.29) is 0 Å². The summed E-state index contributed by atoms with van der Waals surface area (Å²) in [5.74, 6) is 0.867. The zero-order valence-electron chi connectivity index (χ0n) is 11.1. The molecule has 0 aliphatic rings. The van der Waals surface area contributed by atoms with E-state index in [1.54, 1.807) is 7.11 Å². The van der Waals surface area contributed by atoms with Crippen molar-refractivity contribution in [3.05, 3.63) is 28.2 Å². The van der Waals surface area contributed by atoms with Crippen LogP contribution in [0.2, 0.25) is 0 Å². The lowest BCUT2D eigenvalue weighted by atomic mass is 10.2. The third-order valence-corrected chi connectivity index (χ3v) is 3.00. The van der Waals surface area contributed by atoms with E-state index in [0.717, 1.165) is 35.3 Å². The summed E-state index contributed by atoms with van der Waals surface area (Å²) < 4.78 is 11.7. The smallest absolute Gasteiger partial charge is 0.123 e. The number of nitrogens with one attached hydrogen (secondary N) is 1. The van der Waals surface area contributed by atoms with E-state index < -0.39 is 0 Å². The molecule has 0 atom stereocenters. The van der Waals surface area contributed by atoms with Gasteiger partial charge in [-0.15, -0.1) is 0 Å². The molecule has 0 aliphatic heterocycles. The zero-order valence-corrected chi connectivity index (χ0v) is 12.7. The average Bonchev–Trinajstić information content (AvgIpc) is 2.41. The van der Waals surface area contributed by atoms with Gasteiger partial charge in [-0.25, -0.2) is 0 Å². The predicted molar refractivity (Wildman–Crippen MR) is 78.1 cm³/mol. The van der Waals surface area contributed by atoms with Crippen LogP contribution in [-0.2, 0) is 11.3 Å². The molecule has 0 amide bonds. The van der Waals surface area contributed by atoms with Crippen molar-refractivity contribution >= 4 is 15.9 Å². The van der Waals surface area contributed by atoms with Gasteiger partial charge in [0.05, 0.1) is 19.3 Å². The minimum absolute atomic E-state index is 0.526. The molecule has 19 heavy (non-hydrogen) atoms. The Morgan fingerprint density at radius 3 is 2.95 bits per heavy atom. The maximum atomic E-state index is 8.49. The molecule has 5 heteroatoms. The van der Waals surface area contributed by atoms with Crippen molar-refractivity contribution in [1.29, 1.82) is 5.26 Å². The van der Waals surface area contributed by atoms with Gasteiger partial charge in [0.1, 0.15) is 5.75 Å². The molecule has 1 aromatic rings. The van der Waals surface area contributed by atoms with Gasteiger partial charge >= 0.3 is 0 Å². The van der Waals surface area contributed by atoms with Gasteiger partial charge in [-0.05, 0) is 24.6 Å². The number of benzene rings is 1. The number of nitriles is 1. The highest BCUT2D eigenvalue weighted by molar-refractivity contribution is 9.10. The third-order valence-electron chi connectivity index (χ3n) is 2.51. The molecule has 0 aromatic heterocycles. The lowest BCUT2D eigenvalue weighted by molar-refractivity contribution is 0.199. The summed E-state index contributed by atoms with van der Waals surface area (Å²) >= 11 is 3.46. The number of methoxy groups -OCH3 is 1. The molecule has 0 saturated heterocycles. The number of unbranched alkanes of at least 4 members (excludes halogenated alkanes) is 1. The van der Waals surface area contributed by atoms with Crippen molar-refractivity contribution in [2.45, 2.75) is 19.4 Å². The van der Waals surface area contributed by atoms with Gasteiger partial charge < -0.3 is 14.8 Å². The van der Waals surface area contributed by atoms with Crippen LogP contribution in [0.15, 0.2) is 22.7 Å². The number of halogens is 1. The summed E-state index contributed by atoms with van der Waals surface area (Å²) in [5.41, 5.74) is 1.10. The van der Waals surface area contributed by atoms with Crippen LogP contribution in [0.25, 0.3) is 0 Å². The Morgan fingerprint density at radius 1 is 1.37 bits per heavy atom. The standard InChI is InChI=1S/C14H19BrN2O2/c1-18-9-7-17-11-12-10-13(15)4-5-14(12)19-8-3-2-6-16/h4-5,10,17H,2-3,7-9,11H2,1H3. The van der Waals surface area contributed by atoms with Gasteiger partial charge in [-0.2, -0.15) is 5.26 Å². The molecule has 104 valence electrons. The number of hydrogen-bond acceptors (Lipinski definition) is 4. The number of hydrogen-bond donors (Lipinski definition) is 1. The summed E-state index contributed by atoms with van der Waals surface area (Å²) in [6, 6.07) is 8.06. The monoisotopic (exact) mass is 326 g/mol. The van der Waals surface area contributed by atoms with E-state index in [0.29, 0.717) is 19.6 Å². The molecule has 1 rings (SSSR count). The van der Waals surface area contributed by atoms with Crippen LogP contribution < -0.4 is 10.1 Å². The van der Waals surface area contributed by atoms with Crippen LogP contribution in [0.5, 0.6) is 5.75 Å². The Kier molecular flexibility index (Phi) is 8.23. The van der Waals surface area contributed by atoms with Crippen molar-refractivity contribution in [2.24, 2.45) is 0 Å².